The topological polar surface area (TPSA) is 95.7 Å². The van der Waals surface area contributed by atoms with Gasteiger partial charge in [0.15, 0.2) is 0 Å². The Morgan fingerprint density at radius 2 is 2.21 bits per heavy atom. The van der Waals surface area contributed by atoms with Crippen LogP contribution in [0.1, 0.15) is 32.1 Å². The zero-order valence-corrected chi connectivity index (χ0v) is 15.2. The largest absolute Gasteiger partial charge is 0.368 e. The molecule has 8 heteroatoms. The third-order valence-electron chi connectivity index (χ3n) is 5.94. The zero-order chi connectivity index (χ0) is 17.4. The van der Waals surface area contributed by atoms with Crippen LogP contribution < -0.4 is 11.1 Å². The summed E-state index contributed by atoms with van der Waals surface area (Å²) >= 11 is 0. The molecule has 7 nitrogen and oxygen atoms in total. The van der Waals surface area contributed by atoms with E-state index < -0.39 is 15.6 Å². The first kappa shape index (κ1) is 18.1. The number of hydrogen-bond acceptors (Lipinski definition) is 5. The van der Waals surface area contributed by atoms with Gasteiger partial charge in [-0.25, -0.2) is 12.7 Å². The highest BCUT2D eigenvalue weighted by Crippen LogP contribution is 2.43. The van der Waals surface area contributed by atoms with Crippen LogP contribution in [-0.4, -0.2) is 74.1 Å². The number of amides is 1. The van der Waals surface area contributed by atoms with Crippen molar-refractivity contribution in [2.45, 2.75) is 43.7 Å². The number of sulfonamides is 1. The van der Waals surface area contributed by atoms with Crippen molar-refractivity contribution in [3.05, 3.63) is 6.42 Å². The van der Waals surface area contributed by atoms with Crippen LogP contribution in [0.4, 0.5) is 0 Å². The molecule has 2 bridgehead atoms. The Balaban J connectivity index is 1.45. The van der Waals surface area contributed by atoms with Crippen LogP contribution in [0.2, 0.25) is 0 Å². The van der Waals surface area contributed by atoms with Crippen LogP contribution >= 0.6 is 0 Å². The Bertz CT molecular complexity index is 578. The van der Waals surface area contributed by atoms with Crippen molar-refractivity contribution in [3.8, 4) is 0 Å². The van der Waals surface area contributed by atoms with Gasteiger partial charge in [0, 0.05) is 32.2 Å². The summed E-state index contributed by atoms with van der Waals surface area (Å²) in [4.78, 5) is 14.3. The van der Waals surface area contributed by atoms with Crippen LogP contribution in [0, 0.1) is 12.3 Å². The highest BCUT2D eigenvalue weighted by molar-refractivity contribution is 7.88. The predicted molar refractivity (Wildman–Crippen MR) is 92.6 cm³/mol. The van der Waals surface area contributed by atoms with Gasteiger partial charge >= 0.3 is 0 Å². The van der Waals surface area contributed by atoms with E-state index in [2.05, 4.69) is 16.6 Å². The Morgan fingerprint density at radius 3 is 2.88 bits per heavy atom. The third-order valence-corrected chi connectivity index (χ3v) is 7.21. The lowest BCUT2D eigenvalue weighted by molar-refractivity contribution is -0.130. The SMILES string of the molecule is CS(=O)(=O)N1CC[C@H](CNCCN2[C@@H]3C[CH]C[C@@]2(C(N)=O)CC3)C1. The summed E-state index contributed by atoms with van der Waals surface area (Å²) in [5, 5.41) is 3.45. The average Bonchev–Trinajstić information content (AvgIpc) is 3.05. The second-order valence-electron chi connectivity index (χ2n) is 7.49. The summed E-state index contributed by atoms with van der Waals surface area (Å²) < 4.78 is 24.6. The van der Waals surface area contributed by atoms with Gasteiger partial charge in [-0.2, -0.15) is 0 Å². The third kappa shape index (κ3) is 3.47. The fourth-order valence-electron chi connectivity index (χ4n) is 4.57. The number of rotatable bonds is 7. The Hall–Kier alpha value is -0.700. The molecule has 3 atom stereocenters. The molecule has 0 aliphatic carbocycles. The molecule has 3 saturated heterocycles. The minimum Gasteiger partial charge on any atom is -0.368 e. The lowest BCUT2D eigenvalue weighted by atomic mass is 9.87. The van der Waals surface area contributed by atoms with Gasteiger partial charge in [0.2, 0.25) is 15.9 Å². The zero-order valence-electron chi connectivity index (χ0n) is 14.4. The minimum atomic E-state index is -3.06. The number of primary amides is 1. The highest BCUT2D eigenvalue weighted by atomic mass is 32.2. The Labute approximate surface area is 145 Å². The summed E-state index contributed by atoms with van der Waals surface area (Å²) in [6, 6.07) is 0.445. The molecule has 3 heterocycles. The van der Waals surface area contributed by atoms with E-state index in [1.54, 1.807) is 4.31 Å². The van der Waals surface area contributed by atoms with Gasteiger partial charge < -0.3 is 11.1 Å². The predicted octanol–water partition coefficient (Wildman–Crippen LogP) is -0.456. The van der Waals surface area contributed by atoms with Crippen LogP contribution in [-0.2, 0) is 14.8 Å². The quantitative estimate of drug-likeness (QED) is 0.602. The number of nitrogens with two attached hydrogens (primary N) is 1. The number of piperidine rings is 1. The maximum Gasteiger partial charge on any atom is 0.237 e. The van der Waals surface area contributed by atoms with E-state index in [0.717, 1.165) is 51.7 Å². The molecule has 0 spiro atoms. The number of hydrogen-bond donors (Lipinski definition) is 2. The average molecular weight is 358 g/mol. The summed E-state index contributed by atoms with van der Waals surface area (Å²) in [6.45, 7) is 3.68. The lowest BCUT2D eigenvalue weighted by Crippen LogP contribution is -2.59. The van der Waals surface area contributed by atoms with E-state index in [-0.39, 0.29) is 5.91 Å². The van der Waals surface area contributed by atoms with Crippen LogP contribution in [0.3, 0.4) is 0 Å². The number of nitrogens with one attached hydrogen (secondary N) is 1. The van der Waals surface area contributed by atoms with Crippen LogP contribution in [0.25, 0.3) is 0 Å². The maximum absolute atomic E-state index is 12.0. The fraction of sp³-hybridized carbons (Fsp3) is 0.875. The van der Waals surface area contributed by atoms with Crippen molar-refractivity contribution in [1.29, 1.82) is 0 Å². The second kappa shape index (κ2) is 6.90. The number of fused-ring (bicyclic) bond motifs is 2. The van der Waals surface area contributed by atoms with E-state index in [1.165, 1.54) is 6.26 Å². The minimum absolute atomic E-state index is 0.194. The Morgan fingerprint density at radius 1 is 1.42 bits per heavy atom. The summed E-state index contributed by atoms with van der Waals surface area (Å²) in [6.07, 6.45) is 8.12. The molecule has 137 valence electrons. The molecule has 3 aliphatic rings. The second-order valence-corrected chi connectivity index (χ2v) is 9.47. The van der Waals surface area contributed by atoms with Crippen LogP contribution in [0.5, 0.6) is 0 Å². The van der Waals surface area contributed by atoms with Gasteiger partial charge in [0.05, 0.1) is 6.26 Å². The van der Waals surface area contributed by atoms with Gasteiger partial charge in [0.25, 0.3) is 0 Å². The fourth-order valence-corrected chi connectivity index (χ4v) is 5.48. The van der Waals surface area contributed by atoms with Crippen molar-refractivity contribution in [3.63, 3.8) is 0 Å². The van der Waals surface area contributed by atoms with Gasteiger partial charge in [-0.3, -0.25) is 9.69 Å². The molecule has 0 aromatic heterocycles. The maximum atomic E-state index is 12.0. The van der Waals surface area contributed by atoms with Gasteiger partial charge in [-0.1, -0.05) is 0 Å². The molecular weight excluding hydrogens is 328 g/mol. The number of carbonyl (C=O) groups excluding carboxylic acids is 1. The smallest absolute Gasteiger partial charge is 0.237 e. The van der Waals surface area contributed by atoms with Crippen molar-refractivity contribution in [2.75, 3.05) is 39.0 Å². The first-order valence-corrected chi connectivity index (χ1v) is 10.7. The summed E-state index contributed by atoms with van der Waals surface area (Å²) in [5.41, 5.74) is 5.24. The molecule has 0 aromatic rings. The first-order valence-electron chi connectivity index (χ1n) is 8.87. The Kier molecular flexibility index (Phi) is 5.20. The highest BCUT2D eigenvalue weighted by Gasteiger charge is 2.52. The summed E-state index contributed by atoms with van der Waals surface area (Å²) in [7, 11) is -3.06. The summed E-state index contributed by atoms with van der Waals surface area (Å²) in [5.74, 6) is 0.178. The standard InChI is InChI=1S/C16H29N4O3S/c1-24(22,23)19-9-5-13(12-19)11-18-8-10-20-14-3-2-6-16(20,7-4-14)15(17)21/h2,13-14,18H,3-12H2,1H3,(H2,17,21)/t13-,14-,16+/m1/s1. The first-order chi connectivity index (χ1) is 11.3. The van der Waals surface area contributed by atoms with E-state index in [4.69, 9.17) is 5.73 Å². The molecular formula is C16H29N4O3S. The van der Waals surface area contributed by atoms with Crippen molar-refractivity contribution in [1.82, 2.24) is 14.5 Å². The molecule has 1 radical (unpaired) electrons. The number of carbonyl (C=O) groups is 1. The van der Waals surface area contributed by atoms with E-state index >= 15 is 0 Å². The molecule has 1 amide bonds. The molecule has 3 aliphatic heterocycles. The van der Waals surface area contributed by atoms with Crippen molar-refractivity contribution >= 4 is 15.9 Å². The molecule has 0 saturated carbocycles. The monoisotopic (exact) mass is 357 g/mol. The molecule has 3 N–H and O–H groups in total. The van der Waals surface area contributed by atoms with Crippen molar-refractivity contribution in [2.24, 2.45) is 11.7 Å². The van der Waals surface area contributed by atoms with E-state index in [9.17, 15) is 13.2 Å². The molecule has 0 aromatic carbocycles. The molecule has 24 heavy (non-hydrogen) atoms. The van der Waals surface area contributed by atoms with Crippen molar-refractivity contribution < 1.29 is 13.2 Å². The van der Waals surface area contributed by atoms with E-state index in [0.29, 0.717) is 25.0 Å². The van der Waals surface area contributed by atoms with Crippen LogP contribution in [0.15, 0.2) is 0 Å². The van der Waals surface area contributed by atoms with Gasteiger partial charge in [-0.05, 0) is 51.0 Å². The van der Waals surface area contributed by atoms with E-state index in [1.807, 2.05) is 0 Å². The van der Waals surface area contributed by atoms with Gasteiger partial charge in [-0.15, -0.1) is 0 Å². The van der Waals surface area contributed by atoms with Gasteiger partial charge in [0.1, 0.15) is 5.54 Å². The molecule has 3 fully saturated rings. The lowest BCUT2D eigenvalue weighted by Gasteiger charge is -2.42. The normalized spacial score (nSPS) is 34.7. The molecule has 0 unspecified atom stereocenters. The number of nitrogens with zero attached hydrogens (tertiary/aromatic N) is 2. The molecule has 3 rings (SSSR count).